The second-order valence-corrected chi connectivity index (χ2v) is 3.02. The van der Waals surface area contributed by atoms with E-state index in [2.05, 4.69) is 19.9 Å². The van der Waals surface area contributed by atoms with Crippen LogP contribution in [-0.4, -0.2) is 42.1 Å². The Kier molecular flexibility index (Phi) is 16.1. The molecular formula is C12H20N4O4. The molecule has 0 bridgehead atoms. The predicted octanol–water partition coefficient (Wildman–Crippen LogP) is 1.78. The van der Waals surface area contributed by atoms with E-state index in [0.717, 1.165) is 0 Å². The third kappa shape index (κ3) is 24.5. The number of rotatable bonds is 2. The van der Waals surface area contributed by atoms with E-state index in [1.165, 1.54) is 0 Å². The van der Waals surface area contributed by atoms with Crippen molar-refractivity contribution in [2.24, 2.45) is 0 Å². The van der Waals surface area contributed by atoms with E-state index in [-0.39, 0.29) is 12.8 Å². The van der Waals surface area contributed by atoms with Crippen molar-refractivity contribution in [2.75, 3.05) is 0 Å². The molecule has 0 saturated carbocycles. The van der Waals surface area contributed by atoms with Gasteiger partial charge in [0.1, 0.15) is 0 Å². The molecule has 0 saturated heterocycles. The number of H-pyrrole nitrogens is 2. The summed E-state index contributed by atoms with van der Waals surface area (Å²) in [6.07, 6.45) is 10.6. The van der Waals surface area contributed by atoms with Crippen molar-refractivity contribution in [3.05, 3.63) is 37.4 Å². The lowest BCUT2D eigenvalue weighted by molar-refractivity contribution is -0.137. The van der Waals surface area contributed by atoms with Crippen molar-refractivity contribution < 1.29 is 19.8 Å². The molecule has 0 atom stereocenters. The lowest BCUT2D eigenvalue weighted by Crippen LogP contribution is -1.86. The Morgan fingerprint density at radius 1 is 0.900 bits per heavy atom. The van der Waals surface area contributed by atoms with Crippen molar-refractivity contribution >= 4 is 11.9 Å². The molecule has 0 radical (unpaired) electrons. The Balaban J connectivity index is 0. The minimum atomic E-state index is -0.745. The van der Waals surface area contributed by atoms with Gasteiger partial charge in [-0.1, -0.05) is 13.8 Å². The maximum atomic E-state index is 9.37. The molecule has 20 heavy (non-hydrogen) atoms. The Morgan fingerprint density at radius 3 is 1.25 bits per heavy atom. The zero-order chi connectivity index (χ0) is 15.6. The minimum absolute atomic E-state index is 0.222. The van der Waals surface area contributed by atoms with Crippen LogP contribution < -0.4 is 0 Å². The second kappa shape index (κ2) is 16.4. The van der Waals surface area contributed by atoms with Gasteiger partial charge in [0, 0.05) is 37.6 Å². The zero-order valence-corrected chi connectivity index (χ0v) is 11.5. The summed E-state index contributed by atoms with van der Waals surface area (Å²) >= 11 is 0. The summed E-state index contributed by atoms with van der Waals surface area (Å²) in [5.41, 5.74) is 0. The SMILES string of the molecule is CCC(=O)O.CCC(=O)O.c1c[nH]cn1.c1c[nH]cn1. The minimum Gasteiger partial charge on any atom is -0.481 e. The first-order valence-corrected chi connectivity index (χ1v) is 5.83. The number of carboxylic acids is 2. The first kappa shape index (κ1) is 19.7. The van der Waals surface area contributed by atoms with Gasteiger partial charge in [0.05, 0.1) is 12.7 Å². The molecule has 0 aliphatic carbocycles. The summed E-state index contributed by atoms with van der Waals surface area (Å²) in [5, 5.41) is 15.4. The average Bonchev–Trinajstić information content (AvgIpc) is 3.16. The van der Waals surface area contributed by atoms with Crippen molar-refractivity contribution in [2.45, 2.75) is 26.7 Å². The quantitative estimate of drug-likeness (QED) is 0.664. The number of hydrogen-bond acceptors (Lipinski definition) is 4. The molecule has 8 nitrogen and oxygen atoms in total. The molecule has 0 aliphatic rings. The van der Waals surface area contributed by atoms with Gasteiger partial charge in [-0.15, -0.1) is 0 Å². The standard InChI is InChI=1S/2C3H4N2.2C3H6O2/c2*1-2-5-3-4-1;2*1-2-3(4)5/h2*1-3H,(H,4,5);2*2H2,1H3,(H,4,5). The molecule has 0 aromatic carbocycles. The number of carbonyl (C=O) groups is 2. The molecule has 2 rings (SSSR count). The number of imidazole rings is 2. The maximum absolute atomic E-state index is 9.37. The summed E-state index contributed by atoms with van der Waals surface area (Å²) in [7, 11) is 0. The lowest BCUT2D eigenvalue weighted by atomic mass is 10.5. The summed E-state index contributed by atoms with van der Waals surface area (Å²) in [6.45, 7) is 3.20. The first-order valence-electron chi connectivity index (χ1n) is 5.83. The molecule has 0 spiro atoms. The summed E-state index contributed by atoms with van der Waals surface area (Å²) in [5.74, 6) is -1.49. The van der Waals surface area contributed by atoms with Crippen LogP contribution in [0.1, 0.15) is 26.7 Å². The van der Waals surface area contributed by atoms with Gasteiger partial charge in [0.2, 0.25) is 0 Å². The summed E-state index contributed by atoms with van der Waals surface area (Å²) < 4.78 is 0. The smallest absolute Gasteiger partial charge is 0.303 e. The average molecular weight is 284 g/mol. The highest BCUT2D eigenvalue weighted by atomic mass is 16.4. The van der Waals surface area contributed by atoms with Crippen molar-refractivity contribution in [1.82, 2.24) is 19.9 Å². The molecule has 0 fully saturated rings. The van der Waals surface area contributed by atoms with E-state index in [4.69, 9.17) is 10.2 Å². The second-order valence-electron chi connectivity index (χ2n) is 3.02. The molecule has 0 amide bonds. The van der Waals surface area contributed by atoms with Crippen LogP contribution in [0.3, 0.4) is 0 Å². The Labute approximate surface area is 116 Å². The number of aromatic amines is 2. The van der Waals surface area contributed by atoms with E-state index in [9.17, 15) is 9.59 Å². The van der Waals surface area contributed by atoms with Gasteiger partial charge < -0.3 is 20.2 Å². The van der Waals surface area contributed by atoms with Gasteiger partial charge in [-0.25, -0.2) is 9.97 Å². The fourth-order valence-electron chi connectivity index (χ4n) is 0.430. The molecule has 4 N–H and O–H groups in total. The zero-order valence-electron chi connectivity index (χ0n) is 11.5. The number of nitrogens with one attached hydrogen (secondary N) is 2. The van der Waals surface area contributed by atoms with Gasteiger partial charge >= 0.3 is 11.9 Å². The van der Waals surface area contributed by atoms with E-state index < -0.39 is 11.9 Å². The fraction of sp³-hybridized carbons (Fsp3) is 0.333. The normalized spacial score (nSPS) is 7.70. The Hall–Kier alpha value is -2.64. The van der Waals surface area contributed by atoms with E-state index in [0.29, 0.717) is 0 Å². The molecule has 8 heteroatoms. The number of carboxylic acid groups (broad SMARTS) is 2. The molecule has 2 aromatic rings. The van der Waals surface area contributed by atoms with Gasteiger partial charge in [0.15, 0.2) is 0 Å². The van der Waals surface area contributed by atoms with Crippen molar-refractivity contribution in [3.8, 4) is 0 Å². The first-order chi connectivity index (χ1) is 9.54. The van der Waals surface area contributed by atoms with Crippen molar-refractivity contribution in [1.29, 1.82) is 0 Å². The van der Waals surface area contributed by atoms with E-state index in [1.54, 1.807) is 51.3 Å². The number of aliphatic carboxylic acids is 2. The number of nitrogens with zero attached hydrogens (tertiary/aromatic N) is 2. The Morgan fingerprint density at radius 2 is 1.20 bits per heavy atom. The van der Waals surface area contributed by atoms with Gasteiger partial charge in [-0.2, -0.15) is 0 Å². The summed E-state index contributed by atoms with van der Waals surface area (Å²) in [4.78, 5) is 31.6. The largest absolute Gasteiger partial charge is 0.481 e. The summed E-state index contributed by atoms with van der Waals surface area (Å²) in [6, 6.07) is 0. The molecule has 2 heterocycles. The molecule has 0 unspecified atom stereocenters. The predicted molar refractivity (Wildman–Crippen MR) is 73.0 cm³/mol. The van der Waals surface area contributed by atoms with Crippen LogP contribution >= 0.6 is 0 Å². The molecule has 0 aliphatic heterocycles. The van der Waals surface area contributed by atoms with Crippen LogP contribution in [0.15, 0.2) is 37.4 Å². The third-order valence-corrected chi connectivity index (χ3v) is 1.42. The van der Waals surface area contributed by atoms with Crippen LogP contribution in [-0.2, 0) is 9.59 Å². The highest BCUT2D eigenvalue weighted by molar-refractivity contribution is 5.66. The topological polar surface area (TPSA) is 132 Å². The third-order valence-electron chi connectivity index (χ3n) is 1.42. The van der Waals surface area contributed by atoms with Crippen LogP contribution in [0, 0.1) is 0 Å². The maximum Gasteiger partial charge on any atom is 0.303 e. The van der Waals surface area contributed by atoms with Crippen molar-refractivity contribution in [3.63, 3.8) is 0 Å². The van der Waals surface area contributed by atoms with E-state index >= 15 is 0 Å². The Bertz CT molecular complexity index is 326. The van der Waals surface area contributed by atoms with E-state index in [1.807, 2.05) is 0 Å². The fourth-order valence-corrected chi connectivity index (χ4v) is 0.430. The van der Waals surface area contributed by atoms with Crippen LogP contribution in [0.5, 0.6) is 0 Å². The number of aromatic nitrogens is 4. The lowest BCUT2D eigenvalue weighted by Gasteiger charge is -1.71. The van der Waals surface area contributed by atoms with Crippen LogP contribution in [0.25, 0.3) is 0 Å². The highest BCUT2D eigenvalue weighted by Crippen LogP contribution is 1.67. The highest BCUT2D eigenvalue weighted by Gasteiger charge is 1.81. The van der Waals surface area contributed by atoms with Gasteiger partial charge in [-0.3, -0.25) is 9.59 Å². The van der Waals surface area contributed by atoms with Gasteiger partial charge in [0.25, 0.3) is 0 Å². The van der Waals surface area contributed by atoms with Gasteiger partial charge in [-0.05, 0) is 0 Å². The molecule has 112 valence electrons. The number of hydrogen-bond donors (Lipinski definition) is 4. The monoisotopic (exact) mass is 284 g/mol. The van der Waals surface area contributed by atoms with Crippen LogP contribution in [0.2, 0.25) is 0 Å². The van der Waals surface area contributed by atoms with Crippen LogP contribution in [0.4, 0.5) is 0 Å². The molecular weight excluding hydrogens is 264 g/mol. The molecule has 2 aromatic heterocycles.